The molecule has 0 saturated carbocycles. The normalized spacial score (nSPS) is 16.9. The van der Waals surface area contributed by atoms with Crippen molar-refractivity contribution in [3.63, 3.8) is 0 Å². The van der Waals surface area contributed by atoms with Crippen molar-refractivity contribution >= 4 is 17.4 Å². The molecule has 28 heavy (non-hydrogen) atoms. The predicted octanol–water partition coefficient (Wildman–Crippen LogP) is 3.42. The van der Waals surface area contributed by atoms with Crippen LogP contribution in [-0.4, -0.2) is 33.8 Å². The van der Waals surface area contributed by atoms with Gasteiger partial charge in [-0.1, -0.05) is 17.2 Å². The second-order valence-corrected chi connectivity index (χ2v) is 6.61. The van der Waals surface area contributed by atoms with E-state index in [-0.39, 0.29) is 5.91 Å². The number of aryl methyl sites for hydroxylation is 1. The van der Waals surface area contributed by atoms with E-state index in [1.807, 2.05) is 6.92 Å². The highest BCUT2D eigenvalue weighted by molar-refractivity contribution is 5.96. The third kappa shape index (κ3) is 3.60. The summed E-state index contributed by atoms with van der Waals surface area (Å²) in [5, 5.41) is 10.3. The van der Waals surface area contributed by atoms with Crippen molar-refractivity contribution in [1.82, 2.24) is 15.3 Å². The molecular formula is C19H20FN5O3. The van der Waals surface area contributed by atoms with Crippen LogP contribution in [0.1, 0.15) is 32.1 Å². The Balaban J connectivity index is 1.57. The van der Waals surface area contributed by atoms with E-state index in [2.05, 4.69) is 20.6 Å². The Bertz CT molecular complexity index is 956. The van der Waals surface area contributed by atoms with E-state index in [0.29, 0.717) is 48.2 Å². The van der Waals surface area contributed by atoms with Gasteiger partial charge in [0.15, 0.2) is 5.82 Å². The van der Waals surface area contributed by atoms with Gasteiger partial charge in [0.25, 0.3) is 0 Å². The Kier molecular flexibility index (Phi) is 5.05. The van der Waals surface area contributed by atoms with E-state index in [0.717, 1.165) is 12.8 Å². The first-order valence-electron chi connectivity index (χ1n) is 9.26. The first-order valence-corrected chi connectivity index (χ1v) is 9.26. The van der Waals surface area contributed by atoms with Crippen LogP contribution in [0.15, 0.2) is 39.6 Å². The number of aromatic nitrogens is 3. The summed E-state index contributed by atoms with van der Waals surface area (Å²) in [6.45, 7) is 2.50. The maximum Gasteiger partial charge on any atom is 0.248 e. The number of piperidine rings is 1. The van der Waals surface area contributed by atoms with E-state index >= 15 is 0 Å². The van der Waals surface area contributed by atoms with Gasteiger partial charge in [-0.25, -0.2) is 4.39 Å². The number of anilines is 2. The van der Waals surface area contributed by atoms with Crippen molar-refractivity contribution in [2.24, 2.45) is 0 Å². The minimum absolute atomic E-state index is 0.233. The molecule has 1 fully saturated rings. The third-order valence-corrected chi connectivity index (χ3v) is 4.78. The molecule has 4 rings (SSSR count). The van der Waals surface area contributed by atoms with Crippen molar-refractivity contribution in [2.75, 3.05) is 16.8 Å². The van der Waals surface area contributed by atoms with Gasteiger partial charge < -0.3 is 19.3 Å². The lowest BCUT2D eigenvalue weighted by atomic mass is 10.00. The second-order valence-electron chi connectivity index (χ2n) is 6.61. The number of rotatable bonds is 5. The van der Waals surface area contributed by atoms with Crippen LogP contribution in [-0.2, 0) is 11.2 Å². The first kappa shape index (κ1) is 18.1. The molecule has 1 aliphatic rings. The Morgan fingerprint density at radius 1 is 1.32 bits per heavy atom. The summed E-state index contributed by atoms with van der Waals surface area (Å²) >= 11 is 0. The van der Waals surface area contributed by atoms with E-state index in [9.17, 15) is 9.18 Å². The molecular weight excluding hydrogens is 365 g/mol. The zero-order valence-electron chi connectivity index (χ0n) is 15.4. The van der Waals surface area contributed by atoms with E-state index in [4.69, 9.17) is 9.05 Å². The van der Waals surface area contributed by atoms with Crippen molar-refractivity contribution < 1.29 is 18.2 Å². The van der Waals surface area contributed by atoms with Gasteiger partial charge in [-0.05, 0) is 37.5 Å². The molecule has 3 aromatic rings. The maximum atomic E-state index is 14.9. The molecule has 3 heterocycles. The van der Waals surface area contributed by atoms with Crippen LogP contribution >= 0.6 is 0 Å². The molecule has 0 bridgehead atoms. The lowest BCUT2D eigenvalue weighted by Crippen LogP contribution is -2.47. The summed E-state index contributed by atoms with van der Waals surface area (Å²) in [5.74, 6) is 0.529. The van der Waals surface area contributed by atoms with Gasteiger partial charge in [-0.2, -0.15) is 4.98 Å². The van der Waals surface area contributed by atoms with Crippen LogP contribution in [0.2, 0.25) is 0 Å². The molecule has 1 N–H and O–H groups in total. The predicted molar refractivity (Wildman–Crippen MR) is 99.2 cm³/mol. The van der Waals surface area contributed by atoms with Crippen LogP contribution in [0, 0.1) is 5.82 Å². The number of carbonyl (C=O) groups excluding carboxylic acids is 1. The Morgan fingerprint density at radius 3 is 2.93 bits per heavy atom. The fourth-order valence-corrected chi connectivity index (χ4v) is 3.37. The minimum atomic E-state index is -0.484. The Labute approximate surface area is 160 Å². The van der Waals surface area contributed by atoms with Crippen LogP contribution in [0.5, 0.6) is 0 Å². The van der Waals surface area contributed by atoms with Gasteiger partial charge in [-0.15, -0.1) is 0 Å². The largest absolute Gasteiger partial charge is 0.363 e. The molecule has 1 aromatic carbocycles. The summed E-state index contributed by atoms with van der Waals surface area (Å²) in [6, 6.07) is 5.86. The molecule has 1 amide bonds. The molecule has 146 valence electrons. The lowest BCUT2D eigenvalue weighted by molar-refractivity contribution is -0.117. The SMILES string of the molecule is CCc1nc(-c2ccc(N3CCCCC3C(=O)Nc3ccon3)c(F)c2)no1. The van der Waals surface area contributed by atoms with Crippen LogP contribution in [0.25, 0.3) is 11.4 Å². The minimum Gasteiger partial charge on any atom is -0.363 e. The average Bonchev–Trinajstić information content (AvgIpc) is 3.40. The molecule has 0 radical (unpaired) electrons. The van der Waals surface area contributed by atoms with Gasteiger partial charge in [0.1, 0.15) is 18.1 Å². The standard InChI is InChI=1S/C19H20FN5O3/c1-2-17-22-18(24-28-17)12-6-7-14(13(20)11-12)25-9-4-3-5-15(25)19(26)21-16-8-10-27-23-16/h6-8,10-11,15H,2-5,9H2,1H3,(H,21,23,26). The average molecular weight is 385 g/mol. The summed E-state index contributed by atoms with van der Waals surface area (Å²) in [6.07, 6.45) is 4.42. The lowest BCUT2D eigenvalue weighted by Gasteiger charge is -2.36. The highest BCUT2D eigenvalue weighted by Crippen LogP contribution is 2.30. The van der Waals surface area contributed by atoms with Crippen molar-refractivity contribution in [2.45, 2.75) is 38.6 Å². The number of nitrogens with zero attached hydrogens (tertiary/aromatic N) is 4. The van der Waals surface area contributed by atoms with Gasteiger partial charge in [0.2, 0.25) is 17.6 Å². The molecule has 9 heteroatoms. The number of amides is 1. The summed E-state index contributed by atoms with van der Waals surface area (Å²) in [5.41, 5.74) is 0.910. The van der Waals surface area contributed by atoms with Gasteiger partial charge in [-0.3, -0.25) is 4.79 Å². The molecule has 2 aromatic heterocycles. The van der Waals surface area contributed by atoms with E-state index in [1.165, 1.54) is 12.3 Å². The second kappa shape index (κ2) is 7.79. The molecule has 1 atom stereocenters. The number of carbonyl (C=O) groups is 1. The highest BCUT2D eigenvalue weighted by atomic mass is 19.1. The van der Waals surface area contributed by atoms with Crippen molar-refractivity contribution in [1.29, 1.82) is 0 Å². The summed E-state index contributed by atoms with van der Waals surface area (Å²) in [4.78, 5) is 18.7. The number of hydrogen-bond acceptors (Lipinski definition) is 7. The topological polar surface area (TPSA) is 97.3 Å². The van der Waals surface area contributed by atoms with Crippen molar-refractivity contribution in [3.8, 4) is 11.4 Å². The van der Waals surface area contributed by atoms with Gasteiger partial charge in [0, 0.05) is 24.6 Å². The van der Waals surface area contributed by atoms with Crippen LogP contribution in [0.4, 0.5) is 15.9 Å². The molecule has 0 spiro atoms. The number of benzene rings is 1. The number of nitrogens with one attached hydrogen (secondary N) is 1. The molecule has 1 saturated heterocycles. The van der Waals surface area contributed by atoms with Gasteiger partial charge in [0.05, 0.1) is 5.69 Å². The highest BCUT2D eigenvalue weighted by Gasteiger charge is 2.31. The van der Waals surface area contributed by atoms with Gasteiger partial charge >= 0.3 is 0 Å². The monoisotopic (exact) mass is 385 g/mol. The molecule has 1 aliphatic heterocycles. The molecule has 0 aliphatic carbocycles. The Hall–Kier alpha value is -3.23. The van der Waals surface area contributed by atoms with Crippen LogP contribution in [0.3, 0.4) is 0 Å². The fourth-order valence-electron chi connectivity index (χ4n) is 3.37. The van der Waals surface area contributed by atoms with Crippen molar-refractivity contribution in [3.05, 3.63) is 42.2 Å². The first-order chi connectivity index (χ1) is 13.7. The number of hydrogen-bond donors (Lipinski definition) is 1. The molecule has 8 nitrogen and oxygen atoms in total. The zero-order valence-corrected chi connectivity index (χ0v) is 15.4. The summed E-state index contributed by atoms with van der Waals surface area (Å²) in [7, 11) is 0. The summed E-state index contributed by atoms with van der Waals surface area (Å²) < 4.78 is 24.8. The zero-order chi connectivity index (χ0) is 19.5. The van der Waals surface area contributed by atoms with E-state index < -0.39 is 11.9 Å². The number of halogens is 1. The van der Waals surface area contributed by atoms with Crippen LogP contribution < -0.4 is 10.2 Å². The Morgan fingerprint density at radius 2 is 2.21 bits per heavy atom. The fraction of sp³-hybridized carbons (Fsp3) is 0.368. The smallest absolute Gasteiger partial charge is 0.248 e. The third-order valence-electron chi connectivity index (χ3n) is 4.78. The maximum absolute atomic E-state index is 14.9. The molecule has 1 unspecified atom stereocenters. The van der Waals surface area contributed by atoms with E-state index in [1.54, 1.807) is 23.1 Å². The quantitative estimate of drug-likeness (QED) is 0.718.